The third-order valence-electron chi connectivity index (χ3n) is 3.17. The molecule has 0 radical (unpaired) electrons. The molecule has 0 saturated carbocycles. The Labute approximate surface area is 87.5 Å². The number of likely N-dealkylation sites (tertiary alicyclic amines) is 1. The summed E-state index contributed by atoms with van der Waals surface area (Å²) in [5, 5.41) is 13.1. The van der Waals surface area contributed by atoms with E-state index in [9.17, 15) is 5.11 Å². The maximum absolute atomic E-state index is 9.70. The molecule has 0 aromatic heterocycles. The summed E-state index contributed by atoms with van der Waals surface area (Å²) in [4.78, 5) is 2.35. The summed E-state index contributed by atoms with van der Waals surface area (Å²) in [6.07, 6.45) is 2.33. The average Bonchev–Trinajstić information content (AvgIpc) is 2.07. The van der Waals surface area contributed by atoms with Crippen LogP contribution in [-0.2, 0) is 0 Å². The van der Waals surface area contributed by atoms with Gasteiger partial charge >= 0.3 is 0 Å². The molecule has 0 bridgehead atoms. The summed E-state index contributed by atoms with van der Waals surface area (Å²) < 4.78 is 0. The van der Waals surface area contributed by atoms with Crippen LogP contribution >= 0.6 is 0 Å². The Hall–Kier alpha value is -0.120. The van der Waals surface area contributed by atoms with Crippen LogP contribution in [0.15, 0.2) is 0 Å². The van der Waals surface area contributed by atoms with Crippen LogP contribution in [0.25, 0.3) is 0 Å². The first kappa shape index (κ1) is 12.0. The highest BCUT2D eigenvalue weighted by molar-refractivity contribution is 4.89. The average molecular weight is 200 g/mol. The van der Waals surface area contributed by atoms with Gasteiger partial charge in [-0.1, -0.05) is 0 Å². The third kappa shape index (κ3) is 3.56. The van der Waals surface area contributed by atoms with E-state index in [0.29, 0.717) is 5.54 Å². The summed E-state index contributed by atoms with van der Waals surface area (Å²) >= 11 is 0. The zero-order valence-corrected chi connectivity index (χ0v) is 9.93. The molecule has 0 aliphatic carbocycles. The Bertz CT molecular complexity index is 178. The van der Waals surface area contributed by atoms with Crippen LogP contribution in [0.3, 0.4) is 0 Å². The molecule has 3 heteroatoms. The summed E-state index contributed by atoms with van der Waals surface area (Å²) in [6.45, 7) is 8.97. The molecule has 0 spiro atoms. The van der Waals surface area contributed by atoms with Crippen molar-refractivity contribution in [2.45, 2.75) is 44.8 Å². The van der Waals surface area contributed by atoms with Crippen molar-refractivity contribution in [3.05, 3.63) is 0 Å². The lowest BCUT2D eigenvalue weighted by molar-refractivity contribution is 0.0203. The monoisotopic (exact) mass is 200 g/mol. The summed E-state index contributed by atoms with van der Waals surface area (Å²) in [7, 11) is 2.03. The molecular weight excluding hydrogens is 176 g/mol. The minimum Gasteiger partial charge on any atom is -0.389 e. The highest BCUT2D eigenvalue weighted by Gasteiger charge is 2.30. The quantitative estimate of drug-likeness (QED) is 0.708. The van der Waals surface area contributed by atoms with Crippen molar-refractivity contribution in [3.63, 3.8) is 0 Å². The molecule has 1 heterocycles. The molecule has 0 amide bonds. The van der Waals surface area contributed by atoms with Crippen LogP contribution in [0.5, 0.6) is 0 Å². The maximum Gasteiger partial charge on any atom is 0.0718 e. The van der Waals surface area contributed by atoms with Gasteiger partial charge in [0.15, 0.2) is 0 Å². The van der Waals surface area contributed by atoms with E-state index in [1.165, 1.54) is 12.8 Å². The lowest BCUT2D eigenvalue weighted by Crippen LogP contribution is -2.52. The van der Waals surface area contributed by atoms with Crippen molar-refractivity contribution in [3.8, 4) is 0 Å². The first-order chi connectivity index (χ1) is 6.35. The van der Waals surface area contributed by atoms with Crippen molar-refractivity contribution in [2.75, 3.05) is 26.7 Å². The van der Waals surface area contributed by atoms with E-state index >= 15 is 0 Å². The van der Waals surface area contributed by atoms with Crippen molar-refractivity contribution >= 4 is 0 Å². The van der Waals surface area contributed by atoms with E-state index in [4.69, 9.17) is 0 Å². The molecule has 0 atom stereocenters. The van der Waals surface area contributed by atoms with Crippen molar-refractivity contribution in [1.82, 2.24) is 10.2 Å². The second-order valence-corrected chi connectivity index (χ2v) is 5.40. The Morgan fingerprint density at radius 1 is 1.36 bits per heavy atom. The van der Waals surface area contributed by atoms with Gasteiger partial charge in [0.05, 0.1) is 5.60 Å². The van der Waals surface area contributed by atoms with Crippen molar-refractivity contribution < 1.29 is 5.11 Å². The minimum absolute atomic E-state index is 0.302. The van der Waals surface area contributed by atoms with Crippen LogP contribution in [-0.4, -0.2) is 47.8 Å². The highest BCUT2D eigenvalue weighted by atomic mass is 16.3. The minimum atomic E-state index is -0.562. The Morgan fingerprint density at radius 2 is 1.86 bits per heavy atom. The van der Waals surface area contributed by atoms with E-state index < -0.39 is 5.60 Å². The normalized spacial score (nSPS) is 23.8. The number of nitrogens with zero attached hydrogens (tertiary/aromatic N) is 1. The molecule has 14 heavy (non-hydrogen) atoms. The molecule has 84 valence electrons. The second-order valence-electron chi connectivity index (χ2n) is 5.40. The smallest absolute Gasteiger partial charge is 0.0718 e. The maximum atomic E-state index is 9.70. The molecule has 0 unspecified atom stereocenters. The standard InChI is InChI=1S/C11H24N2O/c1-10(2,14)9-13-7-5-11(3,12-4)6-8-13/h12,14H,5-9H2,1-4H3. The van der Waals surface area contributed by atoms with Crippen LogP contribution in [0.4, 0.5) is 0 Å². The molecule has 3 nitrogen and oxygen atoms in total. The number of piperidine rings is 1. The fraction of sp³-hybridized carbons (Fsp3) is 1.00. The highest BCUT2D eigenvalue weighted by Crippen LogP contribution is 2.22. The van der Waals surface area contributed by atoms with E-state index in [1.807, 2.05) is 20.9 Å². The Morgan fingerprint density at radius 3 is 2.21 bits per heavy atom. The molecule has 2 N–H and O–H groups in total. The lowest BCUT2D eigenvalue weighted by Gasteiger charge is -2.41. The molecule has 1 aliphatic heterocycles. The van der Waals surface area contributed by atoms with Gasteiger partial charge in [0, 0.05) is 12.1 Å². The molecule has 1 saturated heterocycles. The van der Waals surface area contributed by atoms with Gasteiger partial charge in [-0.2, -0.15) is 0 Å². The number of aliphatic hydroxyl groups is 1. The van der Waals surface area contributed by atoms with Gasteiger partial charge in [0.1, 0.15) is 0 Å². The Kier molecular flexibility index (Phi) is 3.56. The van der Waals surface area contributed by atoms with E-state index in [1.54, 1.807) is 0 Å². The lowest BCUT2D eigenvalue weighted by atomic mass is 9.89. The first-order valence-corrected chi connectivity index (χ1v) is 5.48. The fourth-order valence-corrected chi connectivity index (χ4v) is 2.00. The van der Waals surface area contributed by atoms with Crippen LogP contribution < -0.4 is 5.32 Å². The van der Waals surface area contributed by atoms with Gasteiger partial charge < -0.3 is 15.3 Å². The molecule has 1 aliphatic rings. The van der Waals surface area contributed by atoms with Crippen LogP contribution in [0.2, 0.25) is 0 Å². The zero-order valence-electron chi connectivity index (χ0n) is 9.93. The third-order valence-corrected chi connectivity index (χ3v) is 3.17. The van der Waals surface area contributed by atoms with Crippen molar-refractivity contribution in [2.24, 2.45) is 0 Å². The number of hydrogen-bond donors (Lipinski definition) is 2. The van der Waals surface area contributed by atoms with Gasteiger partial charge in [0.2, 0.25) is 0 Å². The molecule has 1 fully saturated rings. The molecule has 0 aromatic carbocycles. The number of β-amino-alcohol motifs (C(OH)–C–C–N with tert-alkyl or cyclic N) is 1. The van der Waals surface area contributed by atoms with Gasteiger partial charge in [0.25, 0.3) is 0 Å². The topological polar surface area (TPSA) is 35.5 Å². The zero-order chi connectivity index (χ0) is 10.8. The SMILES string of the molecule is CNC1(C)CCN(CC(C)(C)O)CC1. The Balaban J connectivity index is 2.36. The molecule has 0 aromatic rings. The summed E-state index contributed by atoms with van der Waals surface area (Å²) in [5.74, 6) is 0. The van der Waals surface area contributed by atoms with E-state index in [-0.39, 0.29) is 0 Å². The summed E-state index contributed by atoms with van der Waals surface area (Å²) in [5.41, 5.74) is -0.260. The molecule has 1 rings (SSSR count). The van der Waals surface area contributed by atoms with Crippen molar-refractivity contribution in [1.29, 1.82) is 0 Å². The van der Waals surface area contributed by atoms with Gasteiger partial charge in [-0.05, 0) is 53.8 Å². The number of nitrogens with one attached hydrogen (secondary N) is 1. The van der Waals surface area contributed by atoms with Gasteiger partial charge in [-0.25, -0.2) is 0 Å². The second kappa shape index (κ2) is 4.17. The number of rotatable bonds is 3. The fourth-order valence-electron chi connectivity index (χ4n) is 2.00. The number of hydrogen-bond acceptors (Lipinski definition) is 3. The van der Waals surface area contributed by atoms with E-state index in [2.05, 4.69) is 17.1 Å². The predicted octanol–water partition coefficient (Wildman–Crippen LogP) is 0.831. The first-order valence-electron chi connectivity index (χ1n) is 5.48. The molecular formula is C11H24N2O. The van der Waals surface area contributed by atoms with Gasteiger partial charge in [-0.3, -0.25) is 0 Å². The predicted molar refractivity (Wildman–Crippen MR) is 59.4 cm³/mol. The summed E-state index contributed by atoms with van der Waals surface area (Å²) in [6, 6.07) is 0. The van der Waals surface area contributed by atoms with Gasteiger partial charge in [-0.15, -0.1) is 0 Å². The van der Waals surface area contributed by atoms with Crippen LogP contribution in [0, 0.1) is 0 Å². The van der Waals surface area contributed by atoms with E-state index in [0.717, 1.165) is 19.6 Å². The largest absolute Gasteiger partial charge is 0.389 e. The van der Waals surface area contributed by atoms with Crippen LogP contribution in [0.1, 0.15) is 33.6 Å².